The highest BCUT2D eigenvalue weighted by Gasteiger charge is 2.16. The van der Waals surface area contributed by atoms with Gasteiger partial charge in [0.1, 0.15) is 18.8 Å². The second kappa shape index (κ2) is 8.89. The summed E-state index contributed by atoms with van der Waals surface area (Å²) in [5.41, 5.74) is 1.62. The first-order chi connectivity index (χ1) is 13.7. The Kier molecular flexibility index (Phi) is 6.09. The normalized spacial score (nSPS) is 15.3. The second-order valence-corrected chi connectivity index (χ2v) is 7.99. The number of fused-ring (bicyclic) bond motifs is 1. The second-order valence-electron chi connectivity index (χ2n) is 7.05. The third kappa shape index (κ3) is 4.45. The molecule has 28 heavy (non-hydrogen) atoms. The molecule has 3 heterocycles. The molecule has 0 atom stereocenters. The van der Waals surface area contributed by atoms with E-state index in [0.717, 1.165) is 61.4 Å². The maximum atomic E-state index is 13.1. The Morgan fingerprint density at radius 1 is 1.25 bits per heavy atom. The average Bonchev–Trinajstić information content (AvgIpc) is 3.14. The van der Waals surface area contributed by atoms with Gasteiger partial charge in [0, 0.05) is 24.8 Å². The van der Waals surface area contributed by atoms with Gasteiger partial charge in [-0.25, -0.2) is 4.98 Å². The van der Waals surface area contributed by atoms with Crippen molar-refractivity contribution in [3.8, 4) is 0 Å². The summed E-state index contributed by atoms with van der Waals surface area (Å²) in [6, 6.07) is 9.46. The molecule has 1 N–H and O–H groups in total. The predicted molar refractivity (Wildman–Crippen MR) is 108 cm³/mol. The maximum Gasteiger partial charge on any atom is 0.262 e. The van der Waals surface area contributed by atoms with Gasteiger partial charge in [-0.3, -0.25) is 9.36 Å². The molecule has 0 radical (unpaired) electrons. The molecule has 4 rings (SSSR count). The van der Waals surface area contributed by atoms with E-state index in [4.69, 9.17) is 14.2 Å². The van der Waals surface area contributed by atoms with Gasteiger partial charge in [0.25, 0.3) is 5.56 Å². The molecule has 8 heteroatoms. The zero-order valence-electron chi connectivity index (χ0n) is 16.0. The molecule has 0 aliphatic carbocycles. The molecule has 0 unspecified atom stereocenters. The monoisotopic (exact) mass is 401 g/mol. The largest absolute Gasteiger partial charge is 0.370 e. The first-order valence-corrected chi connectivity index (χ1v) is 10.6. The van der Waals surface area contributed by atoms with Crippen LogP contribution in [0, 0.1) is 6.92 Å². The van der Waals surface area contributed by atoms with E-state index >= 15 is 0 Å². The molecule has 148 valence electrons. The lowest BCUT2D eigenvalue weighted by atomic mass is 10.2. The summed E-state index contributed by atoms with van der Waals surface area (Å²) in [7, 11) is 0. The number of para-hydroxylation sites is 1. The Labute approximate surface area is 167 Å². The van der Waals surface area contributed by atoms with Gasteiger partial charge in [0.2, 0.25) is 0 Å². The lowest BCUT2D eigenvalue weighted by Crippen LogP contribution is -3.14. The lowest BCUT2D eigenvalue weighted by Gasteiger charge is -2.24. The molecule has 2 aromatic heterocycles. The maximum absolute atomic E-state index is 13.1. The van der Waals surface area contributed by atoms with Crippen molar-refractivity contribution in [2.45, 2.75) is 30.8 Å². The number of quaternary nitrogens is 1. The van der Waals surface area contributed by atoms with Crippen molar-refractivity contribution in [3.05, 3.63) is 52.1 Å². The van der Waals surface area contributed by atoms with Gasteiger partial charge in [-0.15, -0.1) is 0 Å². The standard InChI is InChI=1S/C20H24N4O3S/c1-15-13-16(22-27-15)14-28-20-21-18-6-3-2-5-17(18)19(25)24(20)8-4-7-23-9-11-26-12-10-23/h2-3,5-6,13H,4,7-12,14H2,1H3/p+1. The quantitative estimate of drug-likeness (QED) is 0.475. The number of rotatable bonds is 7. The van der Waals surface area contributed by atoms with Crippen molar-refractivity contribution in [1.29, 1.82) is 0 Å². The van der Waals surface area contributed by atoms with Crippen molar-refractivity contribution in [3.63, 3.8) is 0 Å². The van der Waals surface area contributed by atoms with E-state index in [1.165, 1.54) is 11.8 Å². The van der Waals surface area contributed by atoms with Crippen LogP contribution in [0.1, 0.15) is 17.9 Å². The van der Waals surface area contributed by atoms with Crippen LogP contribution in [0.15, 0.2) is 44.8 Å². The van der Waals surface area contributed by atoms with Crippen LogP contribution in [-0.4, -0.2) is 47.6 Å². The minimum atomic E-state index is 0.0291. The van der Waals surface area contributed by atoms with Crippen LogP contribution in [0.25, 0.3) is 10.9 Å². The van der Waals surface area contributed by atoms with Gasteiger partial charge in [-0.2, -0.15) is 0 Å². The van der Waals surface area contributed by atoms with E-state index in [1.54, 1.807) is 4.90 Å². The van der Waals surface area contributed by atoms with Crippen molar-refractivity contribution in [2.75, 3.05) is 32.8 Å². The molecule has 0 amide bonds. The van der Waals surface area contributed by atoms with E-state index in [-0.39, 0.29) is 5.56 Å². The van der Waals surface area contributed by atoms with E-state index < -0.39 is 0 Å². The van der Waals surface area contributed by atoms with Gasteiger partial charge in [-0.05, 0) is 19.1 Å². The zero-order chi connectivity index (χ0) is 19.3. The van der Waals surface area contributed by atoms with Crippen LogP contribution in [0.4, 0.5) is 0 Å². The topological polar surface area (TPSA) is 74.6 Å². The van der Waals surface area contributed by atoms with Gasteiger partial charge in [0.05, 0.1) is 36.4 Å². The molecule has 1 aliphatic heterocycles. The molecule has 3 aromatic rings. The van der Waals surface area contributed by atoms with Crippen LogP contribution < -0.4 is 10.5 Å². The predicted octanol–water partition coefficient (Wildman–Crippen LogP) is 1.29. The Morgan fingerprint density at radius 3 is 2.86 bits per heavy atom. The minimum Gasteiger partial charge on any atom is -0.370 e. The Morgan fingerprint density at radius 2 is 2.07 bits per heavy atom. The lowest BCUT2D eigenvalue weighted by molar-refractivity contribution is -0.908. The molecule has 7 nitrogen and oxygen atoms in total. The Balaban J connectivity index is 1.54. The van der Waals surface area contributed by atoms with Crippen molar-refractivity contribution in [2.24, 2.45) is 0 Å². The van der Waals surface area contributed by atoms with E-state index in [9.17, 15) is 4.79 Å². The summed E-state index contributed by atoms with van der Waals surface area (Å²) in [6.07, 6.45) is 0.936. The van der Waals surface area contributed by atoms with Crippen LogP contribution in [-0.2, 0) is 17.0 Å². The molecule has 0 bridgehead atoms. The van der Waals surface area contributed by atoms with Crippen molar-refractivity contribution >= 4 is 22.7 Å². The van der Waals surface area contributed by atoms with Gasteiger partial charge in [-0.1, -0.05) is 29.1 Å². The molecule has 1 saturated heterocycles. The highest BCUT2D eigenvalue weighted by molar-refractivity contribution is 7.98. The summed E-state index contributed by atoms with van der Waals surface area (Å²) in [5, 5.41) is 5.45. The third-order valence-corrected chi connectivity index (χ3v) is 5.97. The van der Waals surface area contributed by atoms with Gasteiger partial charge >= 0.3 is 0 Å². The number of aryl methyl sites for hydroxylation is 1. The number of hydrogen-bond acceptors (Lipinski definition) is 6. The fourth-order valence-corrected chi connectivity index (χ4v) is 4.38. The molecule has 0 saturated carbocycles. The zero-order valence-corrected chi connectivity index (χ0v) is 16.8. The van der Waals surface area contributed by atoms with Crippen molar-refractivity contribution < 1.29 is 14.2 Å². The third-order valence-electron chi connectivity index (χ3n) is 4.96. The number of morpholine rings is 1. The number of aromatic nitrogens is 3. The Bertz CT molecular complexity index is 995. The van der Waals surface area contributed by atoms with Crippen LogP contribution in [0.2, 0.25) is 0 Å². The fourth-order valence-electron chi connectivity index (χ4n) is 3.48. The molecule has 1 aromatic carbocycles. The summed E-state index contributed by atoms with van der Waals surface area (Å²) in [6.45, 7) is 7.31. The van der Waals surface area contributed by atoms with Gasteiger partial charge < -0.3 is 14.2 Å². The highest BCUT2D eigenvalue weighted by atomic mass is 32.2. The SMILES string of the molecule is Cc1cc(CSc2nc3ccccc3c(=O)n2CCC[NH+]2CCOCC2)no1. The summed E-state index contributed by atoms with van der Waals surface area (Å²) >= 11 is 1.53. The first kappa shape index (κ1) is 19.2. The first-order valence-electron chi connectivity index (χ1n) is 9.66. The number of thioether (sulfide) groups is 1. The fraction of sp³-hybridized carbons (Fsp3) is 0.450. The number of ether oxygens (including phenoxy) is 1. The molecule has 0 spiro atoms. The van der Waals surface area contributed by atoms with Crippen LogP contribution in [0.3, 0.4) is 0 Å². The van der Waals surface area contributed by atoms with Gasteiger partial charge in [0.15, 0.2) is 5.16 Å². The van der Waals surface area contributed by atoms with Crippen LogP contribution in [0.5, 0.6) is 0 Å². The number of benzene rings is 1. The minimum absolute atomic E-state index is 0.0291. The van der Waals surface area contributed by atoms with E-state index in [1.807, 2.05) is 41.8 Å². The smallest absolute Gasteiger partial charge is 0.262 e. The number of hydrogen-bond donors (Lipinski definition) is 1. The Hall–Kier alpha value is -2.16. The number of nitrogens with zero attached hydrogens (tertiary/aromatic N) is 3. The molecule has 1 fully saturated rings. The van der Waals surface area contributed by atoms with E-state index in [0.29, 0.717) is 17.7 Å². The molecule has 1 aliphatic rings. The molecular weight excluding hydrogens is 376 g/mol. The van der Waals surface area contributed by atoms with Crippen molar-refractivity contribution in [1.82, 2.24) is 14.7 Å². The van der Waals surface area contributed by atoms with E-state index in [2.05, 4.69) is 5.16 Å². The summed E-state index contributed by atoms with van der Waals surface area (Å²) in [5.74, 6) is 1.41. The van der Waals surface area contributed by atoms with Crippen LogP contribution >= 0.6 is 11.8 Å². The number of nitrogens with one attached hydrogen (secondary N) is 1. The molecular formula is C20H25N4O3S+. The highest BCUT2D eigenvalue weighted by Crippen LogP contribution is 2.22. The average molecular weight is 402 g/mol. The summed E-state index contributed by atoms with van der Waals surface area (Å²) in [4.78, 5) is 19.4. The summed E-state index contributed by atoms with van der Waals surface area (Å²) < 4.78 is 12.4.